The minimum atomic E-state index is -3.65. The number of aliphatic hydroxyl groups is 1. The molecule has 0 aliphatic heterocycles. The zero-order valence-corrected chi connectivity index (χ0v) is 20.0. The fourth-order valence-corrected chi connectivity index (χ4v) is 6.85. The van der Waals surface area contributed by atoms with Crippen LogP contribution in [0.2, 0.25) is 0 Å². The molecule has 0 amide bonds. The molecular formula is C25H35O5P. The third-order valence-electron chi connectivity index (χ3n) is 6.40. The molecule has 0 radical (unpaired) electrons. The van der Waals surface area contributed by atoms with Crippen molar-refractivity contribution >= 4 is 12.7 Å². The standard InChI is InChI=1S/C25H35O5P/c1-17(2)21-13-11-18(3)15-23(21)30-31(27,20-9-7-6-8-10-20)25(26)19-12-14-22(28-4)24(16-19)29-5/h6-10,12,14,16-18,21,23,25-26H,11,13,15H2,1-5H3. The van der Waals surface area contributed by atoms with E-state index in [1.54, 1.807) is 37.4 Å². The number of rotatable bonds is 8. The van der Waals surface area contributed by atoms with Gasteiger partial charge >= 0.3 is 0 Å². The van der Waals surface area contributed by atoms with E-state index in [0.717, 1.165) is 19.3 Å². The van der Waals surface area contributed by atoms with Crippen molar-refractivity contribution in [2.45, 2.75) is 52.0 Å². The van der Waals surface area contributed by atoms with Crippen LogP contribution in [0, 0.1) is 17.8 Å². The van der Waals surface area contributed by atoms with Gasteiger partial charge in [-0.05, 0) is 60.4 Å². The summed E-state index contributed by atoms with van der Waals surface area (Å²) < 4.78 is 31.7. The van der Waals surface area contributed by atoms with Gasteiger partial charge in [-0.25, -0.2) is 0 Å². The maximum absolute atomic E-state index is 14.5. The van der Waals surface area contributed by atoms with E-state index < -0.39 is 13.2 Å². The van der Waals surface area contributed by atoms with Gasteiger partial charge in [0.15, 0.2) is 17.3 Å². The Bertz CT molecular complexity index is 898. The van der Waals surface area contributed by atoms with Crippen LogP contribution in [0.4, 0.5) is 0 Å². The Hall–Kier alpha value is -1.81. The largest absolute Gasteiger partial charge is 0.493 e. The highest BCUT2D eigenvalue weighted by molar-refractivity contribution is 7.67. The second-order valence-electron chi connectivity index (χ2n) is 8.89. The Labute approximate surface area is 186 Å². The number of ether oxygens (including phenoxy) is 2. The highest BCUT2D eigenvalue weighted by Gasteiger charge is 2.42. The number of hydrogen-bond donors (Lipinski definition) is 1. The van der Waals surface area contributed by atoms with Crippen LogP contribution >= 0.6 is 7.37 Å². The molecule has 5 atom stereocenters. The third-order valence-corrected chi connectivity index (χ3v) is 8.94. The first-order chi connectivity index (χ1) is 14.8. The number of benzene rings is 2. The molecule has 0 aromatic heterocycles. The van der Waals surface area contributed by atoms with Crippen molar-refractivity contribution in [3.05, 3.63) is 54.1 Å². The molecule has 5 nitrogen and oxygen atoms in total. The first-order valence-electron chi connectivity index (χ1n) is 11.0. The van der Waals surface area contributed by atoms with Crippen molar-refractivity contribution in [2.75, 3.05) is 14.2 Å². The second-order valence-corrected chi connectivity index (χ2v) is 11.3. The Morgan fingerprint density at radius 2 is 1.68 bits per heavy atom. The molecule has 2 aromatic carbocycles. The van der Waals surface area contributed by atoms with E-state index in [9.17, 15) is 9.67 Å². The summed E-state index contributed by atoms with van der Waals surface area (Å²) in [5, 5.41) is 11.9. The molecule has 0 bridgehead atoms. The Morgan fingerprint density at radius 1 is 1.00 bits per heavy atom. The van der Waals surface area contributed by atoms with Crippen LogP contribution in [0.15, 0.2) is 48.5 Å². The van der Waals surface area contributed by atoms with E-state index in [1.807, 2.05) is 18.2 Å². The first kappa shape index (κ1) is 23.8. The predicted molar refractivity (Wildman–Crippen MR) is 124 cm³/mol. The molecule has 0 heterocycles. The van der Waals surface area contributed by atoms with Gasteiger partial charge in [0.05, 0.1) is 20.3 Å². The number of aliphatic hydroxyl groups excluding tert-OH is 1. The molecule has 1 saturated carbocycles. The summed E-state index contributed by atoms with van der Waals surface area (Å²) in [5.41, 5.74) is 0.481. The molecule has 6 heteroatoms. The molecule has 0 saturated heterocycles. The third kappa shape index (κ3) is 5.16. The lowest BCUT2D eigenvalue weighted by Crippen LogP contribution is -2.35. The van der Waals surface area contributed by atoms with E-state index in [-0.39, 0.29) is 6.10 Å². The van der Waals surface area contributed by atoms with Gasteiger partial charge in [0.2, 0.25) is 0 Å². The minimum absolute atomic E-state index is 0.162. The summed E-state index contributed by atoms with van der Waals surface area (Å²) in [5.74, 6) is 0.952. The van der Waals surface area contributed by atoms with Crippen molar-refractivity contribution in [3.63, 3.8) is 0 Å². The summed E-state index contributed by atoms with van der Waals surface area (Å²) in [6.45, 7) is 6.59. The van der Waals surface area contributed by atoms with Crippen molar-refractivity contribution < 1.29 is 23.7 Å². The monoisotopic (exact) mass is 446 g/mol. The van der Waals surface area contributed by atoms with Crippen molar-refractivity contribution in [2.24, 2.45) is 17.8 Å². The zero-order valence-electron chi connectivity index (χ0n) is 19.2. The summed E-state index contributed by atoms with van der Waals surface area (Å²) in [6.07, 6.45) is 2.88. The molecule has 1 aliphatic carbocycles. The molecule has 3 rings (SSSR count). The van der Waals surface area contributed by atoms with Crippen LogP contribution in [0.1, 0.15) is 51.4 Å². The van der Waals surface area contributed by atoms with Crippen LogP contribution in [0.5, 0.6) is 11.5 Å². The molecule has 1 fully saturated rings. The fourth-order valence-electron chi connectivity index (χ4n) is 4.54. The van der Waals surface area contributed by atoms with Gasteiger partial charge < -0.3 is 19.1 Å². The number of methoxy groups -OCH3 is 2. The quantitative estimate of drug-likeness (QED) is 0.521. The molecular weight excluding hydrogens is 411 g/mol. The first-order valence-corrected chi connectivity index (χ1v) is 12.7. The highest BCUT2D eigenvalue weighted by atomic mass is 31.2. The van der Waals surface area contributed by atoms with Crippen LogP contribution in [-0.4, -0.2) is 25.4 Å². The minimum Gasteiger partial charge on any atom is -0.493 e. The Kier molecular flexibility index (Phi) is 7.85. The zero-order chi connectivity index (χ0) is 22.6. The average molecular weight is 447 g/mol. The summed E-state index contributed by atoms with van der Waals surface area (Å²) >= 11 is 0. The van der Waals surface area contributed by atoms with E-state index in [2.05, 4.69) is 20.8 Å². The van der Waals surface area contributed by atoms with E-state index in [4.69, 9.17) is 14.0 Å². The highest BCUT2D eigenvalue weighted by Crippen LogP contribution is 2.60. The van der Waals surface area contributed by atoms with E-state index >= 15 is 0 Å². The smallest absolute Gasteiger partial charge is 0.264 e. The molecule has 1 aliphatic rings. The molecule has 5 unspecified atom stereocenters. The maximum atomic E-state index is 14.5. The van der Waals surface area contributed by atoms with Crippen LogP contribution in [-0.2, 0) is 9.09 Å². The van der Waals surface area contributed by atoms with Crippen LogP contribution in [0.25, 0.3) is 0 Å². The van der Waals surface area contributed by atoms with Gasteiger partial charge in [-0.3, -0.25) is 4.57 Å². The molecule has 0 spiro atoms. The van der Waals surface area contributed by atoms with Gasteiger partial charge in [0.25, 0.3) is 7.37 Å². The Morgan fingerprint density at radius 3 is 2.29 bits per heavy atom. The van der Waals surface area contributed by atoms with E-state index in [1.165, 1.54) is 7.11 Å². The predicted octanol–water partition coefficient (Wildman–Crippen LogP) is 5.78. The lowest BCUT2D eigenvalue weighted by atomic mass is 9.75. The van der Waals surface area contributed by atoms with Crippen LogP contribution < -0.4 is 14.8 Å². The van der Waals surface area contributed by atoms with Crippen molar-refractivity contribution in [3.8, 4) is 11.5 Å². The van der Waals surface area contributed by atoms with Gasteiger partial charge in [-0.2, -0.15) is 0 Å². The van der Waals surface area contributed by atoms with Gasteiger partial charge in [-0.15, -0.1) is 0 Å². The van der Waals surface area contributed by atoms with E-state index in [0.29, 0.717) is 40.1 Å². The molecule has 170 valence electrons. The lowest BCUT2D eigenvalue weighted by Gasteiger charge is -2.39. The summed E-state index contributed by atoms with van der Waals surface area (Å²) in [7, 11) is -0.554. The van der Waals surface area contributed by atoms with Crippen molar-refractivity contribution in [1.82, 2.24) is 0 Å². The van der Waals surface area contributed by atoms with Gasteiger partial charge in [0, 0.05) is 5.30 Å². The molecule has 1 N–H and O–H groups in total. The lowest BCUT2D eigenvalue weighted by molar-refractivity contribution is 0.0427. The maximum Gasteiger partial charge on any atom is 0.264 e. The molecule has 2 aromatic rings. The van der Waals surface area contributed by atoms with Gasteiger partial charge in [0.1, 0.15) is 0 Å². The normalized spacial score (nSPS) is 24.4. The summed E-state index contributed by atoms with van der Waals surface area (Å²) in [6, 6.07) is 14.2. The van der Waals surface area contributed by atoms with Crippen LogP contribution in [0.3, 0.4) is 0 Å². The molecule has 31 heavy (non-hydrogen) atoms. The Balaban J connectivity index is 2.02. The van der Waals surface area contributed by atoms with Gasteiger partial charge in [-0.1, -0.05) is 51.5 Å². The summed E-state index contributed by atoms with van der Waals surface area (Å²) in [4.78, 5) is 0. The fraction of sp³-hybridized carbons (Fsp3) is 0.520. The number of hydrogen-bond acceptors (Lipinski definition) is 5. The van der Waals surface area contributed by atoms with Crippen molar-refractivity contribution in [1.29, 1.82) is 0 Å². The average Bonchev–Trinajstić information content (AvgIpc) is 2.78. The second kappa shape index (κ2) is 10.2. The topological polar surface area (TPSA) is 65.0 Å². The SMILES string of the molecule is COc1ccc(C(O)P(=O)(OC2CC(C)CCC2C(C)C)c2ccccc2)cc1OC.